The summed E-state index contributed by atoms with van der Waals surface area (Å²) in [6.07, 6.45) is 0. The Morgan fingerprint density at radius 2 is 2.00 bits per heavy atom. The summed E-state index contributed by atoms with van der Waals surface area (Å²) >= 11 is 0. The van der Waals surface area contributed by atoms with Crippen molar-refractivity contribution in [3.63, 3.8) is 0 Å². The normalized spacial score (nSPS) is 11.8. The third-order valence-electron chi connectivity index (χ3n) is 2.34. The zero-order valence-corrected chi connectivity index (χ0v) is 10.6. The van der Waals surface area contributed by atoms with Gasteiger partial charge in [-0.2, -0.15) is 0 Å². The average Bonchev–Trinajstić information content (AvgIpc) is 2.21. The van der Waals surface area contributed by atoms with E-state index in [4.69, 9.17) is 5.73 Å². The van der Waals surface area contributed by atoms with Gasteiger partial charge >= 0.3 is 0 Å². The largest absolute Gasteiger partial charge is 0.397 e. The molecule has 0 unspecified atom stereocenters. The summed E-state index contributed by atoms with van der Waals surface area (Å²) in [4.78, 5) is 0.279. The van der Waals surface area contributed by atoms with Crippen LogP contribution in [0.5, 0.6) is 0 Å². The van der Waals surface area contributed by atoms with Crippen LogP contribution in [0.1, 0.15) is 20.8 Å². The maximum Gasteiger partial charge on any atom is 0.180 e. The monoisotopic (exact) mass is 242 g/mol. The number of sulfone groups is 1. The van der Waals surface area contributed by atoms with E-state index in [2.05, 4.69) is 5.32 Å². The molecule has 0 spiro atoms. The fourth-order valence-electron chi connectivity index (χ4n) is 1.34. The summed E-state index contributed by atoms with van der Waals surface area (Å²) in [7, 11) is -3.24. The number of hydrogen-bond donors (Lipinski definition) is 2. The van der Waals surface area contributed by atoms with Gasteiger partial charge in [-0.1, -0.05) is 0 Å². The predicted octanol–water partition coefficient (Wildman–Crippen LogP) is 1.88. The lowest BCUT2D eigenvalue weighted by Crippen LogP contribution is -2.14. The summed E-state index contributed by atoms with van der Waals surface area (Å²) in [5, 5.41) is 2.63. The summed E-state index contributed by atoms with van der Waals surface area (Å²) in [5.41, 5.74) is 7.01. The number of nitrogens with two attached hydrogens (primary N) is 1. The first-order chi connectivity index (χ1) is 7.39. The van der Waals surface area contributed by atoms with Gasteiger partial charge in [-0.15, -0.1) is 0 Å². The summed E-state index contributed by atoms with van der Waals surface area (Å²) in [5.74, 6) is 0. The molecule has 0 bridgehead atoms. The average molecular weight is 242 g/mol. The minimum absolute atomic E-state index is 0.279. The molecule has 0 heterocycles. The van der Waals surface area contributed by atoms with Gasteiger partial charge in [-0.05, 0) is 39.0 Å². The summed E-state index contributed by atoms with van der Waals surface area (Å²) in [6, 6.07) is 4.80. The van der Waals surface area contributed by atoms with Gasteiger partial charge in [0.1, 0.15) is 0 Å². The molecule has 5 heteroatoms. The molecule has 1 rings (SSSR count). The van der Waals surface area contributed by atoms with Gasteiger partial charge in [-0.25, -0.2) is 8.42 Å². The summed E-state index contributed by atoms with van der Waals surface area (Å²) < 4.78 is 23.8. The number of anilines is 2. The Bertz CT molecular complexity index is 467. The van der Waals surface area contributed by atoms with Gasteiger partial charge in [0.15, 0.2) is 9.84 Å². The zero-order valence-electron chi connectivity index (χ0n) is 9.82. The molecule has 1 aromatic carbocycles. The molecule has 90 valence electrons. The molecule has 0 atom stereocenters. The van der Waals surface area contributed by atoms with Crippen molar-refractivity contribution in [1.82, 2.24) is 0 Å². The molecule has 16 heavy (non-hydrogen) atoms. The number of benzene rings is 1. The first kappa shape index (κ1) is 12.8. The van der Waals surface area contributed by atoms with Crippen LogP contribution >= 0.6 is 0 Å². The predicted molar refractivity (Wildman–Crippen MR) is 67.3 cm³/mol. The van der Waals surface area contributed by atoms with E-state index in [1.165, 1.54) is 6.07 Å². The molecule has 0 saturated heterocycles. The molecular weight excluding hydrogens is 224 g/mol. The van der Waals surface area contributed by atoms with Gasteiger partial charge < -0.3 is 11.1 Å². The lowest BCUT2D eigenvalue weighted by atomic mass is 10.2. The van der Waals surface area contributed by atoms with Crippen LogP contribution in [0.3, 0.4) is 0 Å². The highest BCUT2D eigenvalue weighted by Gasteiger charge is 2.19. The topological polar surface area (TPSA) is 72.2 Å². The van der Waals surface area contributed by atoms with Gasteiger partial charge in [0.05, 0.1) is 21.5 Å². The highest BCUT2D eigenvalue weighted by atomic mass is 32.2. The second kappa shape index (κ2) is 4.74. The van der Waals surface area contributed by atoms with E-state index >= 15 is 0 Å². The van der Waals surface area contributed by atoms with Gasteiger partial charge in [0.2, 0.25) is 0 Å². The van der Waals surface area contributed by atoms with Crippen LogP contribution in [0, 0.1) is 0 Å². The van der Waals surface area contributed by atoms with E-state index < -0.39 is 15.1 Å². The number of hydrogen-bond acceptors (Lipinski definition) is 4. The lowest BCUT2D eigenvalue weighted by molar-refractivity contribution is 0.587. The Morgan fingerprint density at radius 1 is 1.38 bits per heavy atom. The Kier molecular flexibility index (Phi) is 3.80. The second-order valence-corrected chi connectivity index (χ2v) is 6.38. The van der Waals surface area contributed by atoms with E-state index in [1.54, 1.807) is 26.0 Å². The van der Waals surface area contributed by atoms with Gasteiger partial charge in [0, 0.05) is 6.54 Å². The number of rotatable bonds is 4. The van der Waals surface area contributed by atoms with E-state index in [1.807, 2.05) is 6.92 Å². The third kappa shape index (κ3) is 2.47. The van der Waals surface area contributed by atoms with Crippen LogP contribution in [0.2, 0.25) is 0 Å². The van der Waals surface area contributed by atoms with Crippen molar-refractivity contribution >= 4 is 21.2 Å². The van der Waals surface area contributed by atoms with Gasteiger partial charge in [-0.3, -0.25) is 0 Å². The molecule has 0 aliphatic heterocycles. The molecule has 0 radical (unpaired) electrons. The van der Waals surface area contributed by atoms with E-state index in [-0.39, 0.29) is 4.90 Å². The third-order valence-corrected chi connectivity index (χ3v) is 4.49. The molecule has 0 aromatic heterocycles. The van der Waals surface area contributed by atoms with E-state index in [9.17, 15) is 8.42 Å². The quantitative estimate of drug-likeness (QED) is 0.791. The maximum atomic E-state index is 11.9. The molecule has 0 saturated carbocycles. The van der Waals surface area contributed by atoms with Crippen LogP contribution in [0.4, 0.5) is 11.4 Å². The Hall–Kier alpha value is -1.23. The van der Waals surface area contributed by atoms with Crippen molar-refractivity contribution in [3.8, 4) is 0 Å². The van der Waals surface area contributed by atoms with Crippen LogP contribution in [-0.2, 0) is 9.84 Å². The molecule has 3 N–H and O–H groups in total. The minimum atomic E-state index is -3.24. The van der Waals surface area contributed by atoms with Crippen molar-refractivity contribution in [2.45, 2.75) is 30.9 Å². The van der Waals surface area contributed by atoms with Crippen LogP contribution in [-0.4, -0.2) is 20.2 Å². The highest BCUT2D eigenvalue weighted by Crippen LogP contribution is 2.24. The zero-order chi connectivity index (χ0) is 12.3. The molecule has 0 fully saturated rings. The molecule has 0 amide bonds. The van der Waals surface area contributed by atoms with Crippen LogP contribution < -0.4 is 11.1 Å². The first-order valence-corrected chi connectivity index (χ1v) is 6.81. The molecule has 0 aliphatic rings. The second-order valence-electron chi connectivity index (χ2n) is 3.87. The van der Waals surface area contributed by atoms with E-state index in [0.29, 0.717) is 5.69 Å². The lowest BCUT2D eigenvalue weighted by Gasteiger charge is -2.11. The summed E-state index contributed by atoms with van der Waals surface area (Å²) in [6.45, 7) is 6.02. The Balaban J connectivity index is 3.16. The number of nitrogens with one attached hydrogen (secondary N) is 1. The van der Waals surface area contributed by atoms with Crippen molar-refractivity contribution in [1.29, 1.82) is 0 Å². The molecule has 4 nitrogen and oxygen atoms in total. The molecule has 1 aromatic rings. The standard InChI is InChI=1S/C11H18N2O2S/c1-4-13-11-6-5-9(7-10(11)12)16(14,15)8(2)3/h5-8,13H,4,12H2,1-3H3. The van der Waals surface area contributed by atoms with Crippen molar-refractivity contribution in [2.24, 2.45) is 0 Å². The van der Waals surface area contributed by atoms with E-state index in [0.717, 1.165) is 12.2 Å². The number of nitrogen functional groups attached to an aromatic ring is 1. The maximum absolute atomic E-state index is 11.9. The SMILES string of the molecule is CCNc1ccc(S(=O)(=O)C(C)C)cc1N. The minimum Gasteiger partial charge on any atom is -0.397 e. The fourth-order valence-corrected chi connectivity index (χ4v) is 2.43. The molecular formula is C11H18N2O2S. The van der Waals surface area contributed by atoms with Crippen molar-refractivity contribution in [2.75, 3.05) is 17.6 Å². The van der Waals surface area contributed by atoms with Gasteiger partial charge in [0.25, 0.3) is 0 Å². The highest BCUT2D eigenvalue weighted by molar-refractivity contribution is 7.92. The first-order valence-electron chi connectivity index (χ1n) is 5.27. The smallest absolute Gasteiger partial charge is 0.180 e. The Morgan fingerprint density at radius 3 is 2.44 bits per heavy atom. The van der Waals surface area contributed by atoms with Crippen LogP contribution in [0.25, 0.3) is 0 Å². The van der Waals surface area contributed by atoms with Crippen molar-refractivity contribution in [3.05, 3.63) is 18.2 Å². The fraction of sp³-hybridized carbons (Fsp3) is 0.455. The van der Waals surface area contributed by atoms with Crippen molar-refractivity contribution < 1.29 is 8.42 Å². The molecule has 0 aliphatic carbocycles. The van der Waals surface area contributed by atoms with Crippen LogP contribution in [0.15, 0.2) is 23.1 Å². The Labute approximate surface area is 96.8 Å².